The third kappa shape index (κ3) is 7.33. The van der Waals surface area contributed by atoms with E-state index < -0.39 is 0 Å². The van der Waals surface area contributed by atoms with Gasteiger partial charge in [-0.15, -0.1) is 0 Å². The lowest BCUT2D eigenvalue weighted by molar-refractivity contribution is -0.114. The Kier molecular flexibility index (Phi) is 8.69. The zero-order chi connectivity index (χ0) is 19.5. The molecule has 4 heteroatoms. The summed E-state index contributed by atoms with van der Waals surface area (Å²) in [6.07, 6.45) is 4.77. The molecular weight excluding hydrogens is 336 g/mol. The molecule has 4 nitrogen and oxygen atoms in total. The van der Waals surface area contributed by atoms with Crippen molar-refractivity contribution in [3.05, 3.63) is 54.1 Å². The van der Waals surface area contributed by atoms with Crippen molar-refractivity contribution in [1.29, 1.82) is 0 Å². The van der Waals surface area contributed by atoms with E-state index in [0.717, 1.165) is 30.2 Å². The summed E-state index contributed by atoms with van der Waals surface area (Å²) >= 11 is 0. The van der Waals surface area contributed by atoms with E-state index in [4.69, 9.17) is 4.74 Å². The minimum absolute atomic E-state index is 0.0678. The van der Waals surface area contributed by atoms with Crippen molar-refractivity contribution in [2.24, 2.45) is 0 Å². The van der Waals surface area contributed by atoms with Crippen LogP contribution >= 0.6 is 0 Å². The number of benzene rings is 2. The number of carbonyl (C=O) groups is 1. The highest BCUT2D eigenvalue weighted by Gasteiger charge is 2.08. The molecule has 0 saturated carbocycles. The summed E-state index contributed by atoms with van der Waals surface area (Å²) in [7, 11) is 0. The molecule has 2 rings (SSSR count). The molecule has 0 spiro atoms. The lowest BCUT2D eigenvalue weighted by Crippen LogP contribution is -2.22. The lowest BCUT2D eigenvalue weighted by atomic mass is 10.0. The van der Waals surface area contributed by atoms with E-state index in [1.54, 1.807) is 0 Å². The Balaban J connectivity index is 1.77. The molecule has 27 heavy (non-hydrogen) atoms. The third-order valence-electron chi connectivity index (χ3n) is 4.43. The van der Waals surface area contributed by atoms with Crippen LogP contribution in [0.2, 0.25) is 0 Å². The van der Waals surface area contributed by atoms with Gasteiger partial charge in [-0.1, -0.05) is 58.2 Å². The van der Waals surface area contributed by atoms with Gasteiger partial charge in [-0.05, 0) is 48.2 Å². The van der Waals surface area contributed by atoms with Gasteiger partial charge in [-0.2, -0.15) is 0 Å². The largest absolute Gasteiger partial charge is 0.494 e. The minimum Gasteiger partial charge on any atom is -0.494 e. The van der Waals surface area contributed by atoms with Crippen LogP contribution in [-0.2, 0) is 4.79 Å². The molecule has 0 bridgehead atoms. The predicted molar refractivity (Wildman–Crippen MR) is 114 cm³/mol. The molecule has 0 fully saturated rings. The second kappa shape index (κ2) is 11.3. The summed E-state index contributed by atoms with van der Waals surface area (Å²) in [5.41, 5.74) is 3.00. The second-order valence-corrected chi connectivity index (χ2v) is 7.08. The highest BCUT2D eigenvalue weighted by atomic mass is 16.5. The molecule has 0 radical (unpaired) electrons. The molecule has 1 amide bonds. The van der Waals surface area contributed by atoms with Gasteiger partial charge in [0.1, 0.15) is 5.75 Å². The number of nitrogens with one attached hydrogen (secondary N) is 2. The van der Waals surface area contributed by atoms with Crippen LogP contribution in [0, 0.1) is 0 Å². The maximum Gasteiger partial charge on any atom is 0.243 e. The normalized spacial score (nSPS) is 10.7. The van der Waals surface area contributed by atoms with Gasteiger partial charge in [-0.25, -0.2) is 0 Å². The molecule has 2 N–H and O–H groups in total. The molecule has 2 aromatic rings. The molecule has 0 aliphatic carbocycles. The molecule has 0 atom stereocenters. The van der Waals surface area contributed by atoms with E-state index in [9.17, 15) is 4.79 Å². The number of hydrogen-bond acceptors (Lipinski definition) is 3. The van der Waals surface area contributed by atoms with Crippen molar-refractivity contribution < 1.29 is 9.53 Å². The van der Waals surface area contributed by atoms with E-state index in [2.05, 4.69) is 37.5 Å². The van der Waals surface area contributed by atoms with Gasteiger partial charge in [0.15, 0.2) is 0 Å². The predicted octanol–water partition coefficient (Wildman–Crippen LogP) is 5.82. The monoisotopic (exact) mass is 368 g/mol. The van der Waals surface area contributed by atoms with Gasteiger partial charge < -0.3 is 15.4 Å². The smallest absolute Gasteiger partial charge is 0.243 e. The maximum atomic E-state index is 12.2. The van der Waals surface area contributed by atoms with Crippen LogP contribution in [0.1, 0.15) is 57.9 Å². The molecule has 0 aliphatic heterocycles. The van der Waals surface area contributed by atoms with Crippen molar-refractivity contribution in [3.63, 3.8) is 0 Å². The van der Waals surface area contributed by atoms with Crippen molar-refractivity contribution in [1.82, 2.24) is 0 Å². The average Bonchev–Trinajstić information content (AvgIpc) is 2.67. The molecule has 2 aromatic carbocycles. The van der Waals surface area contributed by atoms with Gasteiger partial charge in [0.25, 0.3) is 0 Å². The van der Waals surface area contributed by atoms with Crippen LogP contribution in [0.25, 0.3) is 0 Å². The number of carbonyl (C=O) groups excluding carboxylic acids is 1. The molecule has 0 aliphatic rings. The van der Waals surface area contributed by atoms with Crippen molar-refractivity contribution >= 4 is 17.3 Å². The Labute approximate surface area is 163 Å². The van der Waals surface area contributed by atoms with Gasteiger partial charge in [0.2, 0.25) is 5.91 Å². The van der Waals surface area contributed by atoms with Gasteiger partial charge in [0.05, 0.1) is 13.2 Å². The van der Waals surface area contributed by atoms with Crippen LogP contribution in [0.3, 0.4) is 0 Å². The van der Waals surface area contributed by atoms with Crippen LogP contribution < -0.4 is 15.4 Å². The maximum absolute atomic E-state index is 12.2. The van der Waals surface area contributed by atoms with Crippen LogP contribution in [0.5, 0.6) is 5.75 Å². The van der Waals surface area contributed by atoms with E-state index >= 15 is 0 Å². The molecule has 0 aromatic heterocycles. The number of ether oxygens (including phenoxy) is 1. The van der Waals surface area contributed by atoms with Crippen molar-refractivity contribution in [2.45, 2.75) is 52.4 Å². The van der Waals surface area contributed by atoms with Gasteiger partial charge >= 0.3 is 0 Å². The number of anilines is 2. The molecule has 146 valence electrons. The SMILES string of the molecule is CCCCCCOc1ccc(NC(=O)CNc2ccccc2C(C)C)cc1. The first-order chi connectivity index (χ1) is 13.1. The Bertz CT molecular complexity index is 696. The number of hydrogen-bond donors (Lipinski definition) is 2. The van der Waals surface area contributed by atoms with E-state index in [1.165, 1.54) is 24.8 Å². The fourth-order valence-electron chi connectivity index (χ4n) is 2.90. The first-order valence-electron chi connectivity index (χ1n) is 9.95. The summed E-state index contributed by atoms with van der Waals surface area (Å²) < 4.78 is 5.73. The molecule has 0 heterocycles. The Morgan fingerprint density at radius 3 is 2.44 bits per heavy atom. The minimum atomic E-state index is -0.0678. The summed E-state index contributed by atoms with van der Waals surface area (Å²) in [6.45, 7) is 7.47. The summed E-state index contributed by atoms with van der Waals surface area (Å²) in [4.78, 5) is 12.2. The molecule has 0 saturated heterocycles. The quantitative estimate of drug-likeness (QED) is 0.491. The standard InChI is InChI=1S/C23H32N2O2/c1-4-5-6-9-16-27-20-14-12-19(13-15-20)25-23(26)17-24-22-11-8-7-10-21(22)18(2)3/h7-8,10-15,18,24H,4-6,9,16-17H2,1-3H3,(H,25,26). The number of rotatable bonds is 11. The summed E-state index contributed by atoms with van der Waals surface area (Å²) in [5.74, 6) is 1.18. The van der Waals surface area contributed by atoms with Crippen LogP contribution in [0.4, 0.5) is 11.4 Å². The molecular formula is C23H32N2O2. The topological polar surface area (TPSA) is 50.4 Å². The zero-order valence-corrected chi connectivity index (χ0v) is 16.8. The van der Waals surface area contributed by atoms with Crippen LogP contribution in [0.15, 0.2) is 48.5 Å². The van der Waals surface area contributed by atoms with E-state index in [-0.39, 0.29) is 12.5 Å². The first-order valence-corrected chi connectivity index (χ1v) is 9.95. The lowest BCUT2D eigenvalue weighted by Gasteiger charge is -2.14. The molecule has 0 unspecified atom stereocenters. The average molecular weight is 369 g/mol. The zero-order valence-electron chi connectivity index (χ0n) is 16.8. The Hall–Kier alpha value is -2.49. The summed E-state index contributed by atoms with van der Waals surface area (Å²) in [5, 5.41) is 6.15. The van der Waals surface area contributed by atoms with Gasteiger partial charge in [-0.3, -0.25) is 4.79 Å². The van der Waals surface area contributed by atoms with Crippen molar-refractivity contribution in [3.8, 4) is 5.75 Å². The first kappa shape index (κ1) is 20.8. The second-order valence-electron chi connectivity index (χ2n) is 7.08. The Morgan fingerprint density at radius 1 is 1.00 bits per heavy atom. The fraction of sp³-hybridized carbons (Fsp3) is 0.435. The van der Waals surface area contributed by atoms with Gasteiger partial charge in [0, 0.05) is 11.4 Å². The third-order valence-corrected chi connectivity index (χ3v) is 4.43. The van der Waals surface area contributed by atoms with E-state index in [0.29, 0.717) is 5.92 Å². The van der Waals surface area contributed by atoms with Crippen LogP contribution in [-0.4, -0.2) is 19.1 Å². The number of para-hydroxylation sites is 1. The van der Waals surface area contributed by atoms with E-state index in [1.807, 2.05) is 42.5 Å². The number of unbranched alkanes of at least 4 members (excludes halogenated alkanes) is 3. The Morgan fingerprint density at radius 2 is 1.74 bits per heavy atom. The highest BCUT2D eigenvalue weighted by molar-refractivity contribution is 5.93. The summed E-state index contributed by atoms with van der Waals surface area (Å²) in [6, 6.07) is 15.7. The number of amides is 1. The fourth-order valence-corrected chi connectivity index (χ4v) is 2.90. The highest BCUT2D eigenvalue weighted by Crippen LogP contribution is 2.23. The van der Waals surface area contributed by atoms with Crippen molar-refractivity contribution in [2.75, 3.05) is 23.8 Å².